The van der Waals surface area contributed by atoms with Crippen LogP contribution in [0.3, 0.4) is 0 Å². The Kier molecular flexibility index (Phi) is 6.53. The molecule has 0 amide bonds. The Balaban J connectivity index is 1.58. The minimum atomic E-state index is -3.48. The summed E-state index contributed by atoms with van der Waals surface area (Å²) in [5.41, 5.74) is 1.91. The SMILES string of the molecule is O=S(=O)(NCCSC1CCOCC1)c1cccc(-c2ccccc2)c1. The molecule has 0 aromatic heterocycles. The molecule has 0 bridgehead atoms. The van der Waals surface area contributed by atoms with Crippen molar-refractivity contribution in [2.24, 2.45) is 0 Å². The van der Waals surface area contributed by atoms with E-state index in [0.717, 1.165) is 42.9 Å². The van der Waals surface area contributed by atoms with Crippen LogP contribution in [0.25, 0.3) is 11.1 Å². The van der Waals surface area contributed by atoms with E-state index in [4.69, 9.17) is 4.74 Å². The molecular formula is C19H23NO3S2. The number of benzene rings is 2. The van der Waals surface area contributed by atoms with Crippen LogP contribution in [0.15, 0.2) is 59.5 Å². The summed E-state index contributed by atoms with van der Waals surface area (Å²) in [6.45, 7) is 2.07. The van der Waals surface area contributed by atoms with E-state index in [-0.39, 0.29) is 0 Å². The predicted octanol–water partition coefficient (Wildman–Crippen LogP) is 3.54. The number of hydrogen-bond acceptors (Lipinski definition) is 4. The molecule has 1 heterocycles. The number of rotatable bonds is 7. The van der Waals surface area contributed by atoms with Crippen LogP contribution in [-0.4, -0.2) is 39.2 Å². The van der Waals surface area contributed by atoms with Crippen molar-refractivity contribution in [1.82, 2.24) is 4.72 Å². The van der Waals surface area contributed by atoms with Gasteiger partial charge < -0.3 is 4.74 Å². The molecule has 0 radical (unpaired) electrons. The predicted molar refractivity (Wildman–Crippen MR) is 103 cm³/mol. The van der Waals surface area contributed by atoms with Crippen LogP contribution in [0.2, 0.25) is 0 Å². The van der Waals surface area contributed by atoms with Gasteiger partial charge in [-0.25, -0.2) is 13.1 Å². The van der Waals surface area contributed by atoms with E-state index in [1.54, 1.807) is 18.2 Å². The maximum Gasteiger partial charge on any atom is 0.240 e. The van der Waals surface area contributed by atoms with Gasteiger partial charge >= 0.3 is 0 Å². The van der Waals surface area contributed by atoms with Crippen LogP contribution < -0.4 is 4.72 Å². The monoisotopic (exact) mass is 377 g/mol. The van der Waals surface area contributed by atoms with Crippen LogP contribution in [0.5, 0.6) is 0 Å². The fourth-order valence-corrected chi connectivity index (χ4v) is 5.09. The zero-order valence-electron chi connectivity index (χ0n) is 14.1. The molecule has 0 unspecified atom stereocenters. The first-order valence-corrected chi connectivity index (χ1v) is 11.0. The van der Waals surface area contributed by atoms with Gasteiger partial charge in [-0.05, 0) is 36.1 Å². The van der Waals surface area contributed by atoms with Crippen LogP contribution in [0.4, 0.5) is 0 Å². The lowest BCUT2D eigenvalue weighted by Crippen LogP contribution is -2.27. The van der Waals surface area contributed by atoms with Crippen molar-refractivity contribution in [3.05, 3.63) is 54.6 Å². The number of thioether (sulfide) groups is 1. The van der Waals surface area contributed by atoms with Gasteiger partial charge in [0.15, 0.2) is 0 Å². The lowest BCUT2D eigenvalue weighted by Gasteiger charge is -2.21. The van der Waals surface area contributed by atoms with Crippen LogP contribution in [0, 0.1) is 0 Å². The normalized spacial score (nSPS) is 16.0. The van der Waals surface area contributed by atoms with Crippen molar-refractivity contribution < 1.29 is 13.2 Å². The second-order valence-electron chi connectivity index (χ2n) is 5.97. The number of nitrogens with one attached hydrogen (secondary N) is 1. The molecule has 2 aromatic rings. The van der Waals surface area contributed by atoms with Crippen LogP contribution in [0.1, 0.15) is 12.8 Å². The van der Waals surface area contributed by atoms with Gasteiger partial charge in [0.2, 0.25) is 10.0 Å². The number of sulfonamides is 1. The first-order valence-electron chi connectivity index (χ1n) is 8.50. The number of hydrogen-bond donors (Lipinski definition) is 1. The first-order chi connectivity index (χ1) is 12.1. The average molecular weight is 378 g/mol. The third-order valence-electron chi connectivity index (χ3n) is 4.17. The fourth-order valence-electron chi connectivity index (χ4n) is 2.80. The molecule has 0 spiro atoms. The smallest absolute Gasteiger partial charge is 0.240 e. The summed E-state index contributed by atoms with van der Waals surface area (Å²) in [5, 5.41) is 0.583. The summed E-state index contributed by atoms with van der Waals surface area (Å²) in [7, 11) is -3.48. The molecule has 3 rings (SSSR count). The molecular weight excluding hydrogens is 354 g/mol. The molecule has 0 atom stereocenters. The highest BCUT2D eigenvalue weighted by Crippen LogP contribution is 2.23. The second kappa shape index (κ2) is 8.85. The van der Waals surface area contributed by atoms with E-state index in [9.17, 15) is 8.42 Å². The lowest BCUT2D eigenvalue weighted by atomic mass is 10.1. The Morgan fingerprint density at radius 1 is 1.00 bits per heavy atom. The zero-order valence-corrected chi connectivity index (χ0v) is 15.7. The summed E-state index contributed by atoms with van der Waals surface area (Å²) >= 11 is 1.83. The van der Waals surface area contributed by atoms with E-state index in [1.807, 2.05) is 48.2 Å². The molecule has 1 aliphatic heterocycles. The molecule has 1 saturated heterocycles. The van der Waals surface area contributed by atoms with Gasteiger partial charge in [-0.3, -0.25) is 0 Å². The van der Waals surface area contributed by atoms with Gasteiger partial charge in [-0.15, -0.1) is 0 Å². The summed E-state index contributed by atoms with van der Waals surface area (Å²) in [4.78, 5) is 0.310. The highest BCUT2D eigenvalue weighted by atomic mass is 32.2. The molecule has 0 aliphatic carbocycles. The van der Waals surface area contributed by atoms with E-state index in [1.165, 1.54) is 0 Å². The van der Waals surface area contributed by atoms with E-state index >= 15 is 0 Å². The Hall–Kier alpha value is -1.34. The highest BCUT2D eigenvalue weighted by Gasteiger charge is 2.16. The lowest BCUT2D eigenvalue weighted by molar-refractivity contribution is 0.100. The van der Waals surface area contributed by atoms with Gasteiger partial charge in [0.1, 0.15) is 0 Å². The molecule has 134 valence electrons. The maximum absolute atomic E-state index is 12.5. The molecule has 1 aliphatic rings. The topological polar surface area (TPSA) is 55.4 Å². The second-order valence-corrected chi connectivity index (χ2v) is 9.15. The maximum atomic E-state index is 12.5. The van der Waals surface area contributed by atoms with Gasteiger partial charge in [0, 0.05) is 30.8 Å². The summed E-state index contributed by atoms with van der Waals surface area (Å²) in [6, 6.07) is 16.9. The van der Waals surface area contributed by atoms with Gasteiger partial charge in [0.05, 0.1) is 4.90 Å². The van der Waals surface area contributed by atoms with Crippen molar-refractivity contribution in [1.29, 1.82) is 0 Å². The van der Waals surface area contributed by atoms with Crippen LogP contribution in [-0.2, 0) is 14.8 Å². The molecule has 1 N–H and O–H groups in total. The van der Waals surface area contributed by atoms with Crippen molar-refractivity contribution >= 4 is 21.8 Å². The molecule has 6 heteroatoms. The van der Waals surface area contributed by atoms with Gasteiger partial charge in [-0.2, -0.15) is 11.8 Å². The zero-order chi connectivity index (χ0) is 17.5. The molecule has 2 aromatic carbocycles. The molecule has 0 saturated carbocycles. The molecule has 25 heavy (non-hydrogen) atoms. The Labute approximate surface area is 154 Å². The quantitative estimate of drug-likeness (QED) is 0.750. The standard InChI is InChI=1S/C19H23NO3S2/c21-25(22,20-11-14-24-18-9-12-23-13-10-18)19-8-4-7-17(15-19)16-5-2-1-3-6-16/h1-8,15,18,20H,9-14H2. The van der Waals surface area contributed by atoms with E-state index in [0.29, 0.717) is 16.7 Å². The third-order valence-corrected chi connectivity index (χ3v) is 7.01. The minimum absolute atomic E-state index is 0.310. The van der Waals surface area contributed by atoms with Crippen LogP contribution >= 0.6 is 11.8 Å². The first kappa shape index (κ1) is 18.5. The Morgan fingerprint density at radius 3 is 2.48 bits per heavy atom. The summed E-state index contributed by atoms with van der Waals surface area (Å²) < 4.78 is 33.1. The van der Waals surface area contributed by atoms with Crippen molar-refractivity contribution in [2.75, 3.05) is 25.5 Å². The molecule has 4 nitrogen and oxygen atoms in total. The number of ether oxygens (including phenoxy) is 1. The third kappa shape index (κ3) is 5.31. The van der Waals surface area contributed by atoms with Crippen molar-refractivity contribution in [3.8, 4) is 11.1 Å². The largest absolute Gasteiger partial charge is 0.381 e. The highest BCUT2D eigenvalue weighted by molar-refractivity contribution is 8.00. The van der Waals surface area contributed by atoms with Crippen molar-refractivity contribution in [2.45, 2.75) is 23.0 Å². The molecule has 1 fully saturated rings. The van der Waals surface area contributed by atoms with Crippen molar-refractivity contribution in [3.63, 3.8) is 0 Å². The Bertz CT molecular complexity index is 772. The minimum Gasteiger partial charge on any atom is -0.381 e. The average Bonchev–Trinajstić information content (AvgIpc) is 2.67. The fraction of sp³-hybridized carbons (Fsp3) is 0.368. The van der Waals surface area contributed by atoms with Gasteiger partial charge in [-0.1, -0.05) is 42.5 Å². The van der Waals surface area contributed by atoms with E-state index in [2.05, 4.69) is 4.72 Å². The Morgan fingerprint density at radius 2 is 1.72 bits per heavy atom. The van der Waals surface area contributed by atoms with E-state index < -0.39 is 10.0 Å². The summed E-state index contributed by atoms with van der Waals surface area (Å²) in [5.74, 6) is 0.780. The van der Waals surface area contributed by atoms with Gasteiger partial charge in [0.25, 0.3) is 0 Å². The summed E-state index contributed by atoms with van der Waals surface area (Å²) in [6.07, 6.45) is 2.10.